The zero-order valence-electron chi connectivity index (χ0n) is 12.2. The Morgan fingerprint density at radius 2 is 2.05 bits per heavy atom. The largest absolute Gasteiger partial charge is 0.497 e. The molecule has 0 saturated heterocycles. The maximum absolute atomic E-state index is 12.8. The second-order valence-corrected chi connectivity index (χ2v) is 6.77. The molecule has 3 rings (SSSR count). The fourth-order valence-electron chi connectivity index (χ4n) is 2.43. The number of carbonyl (C=O) groups is 1. The smallest absolute Gasteiger partial charge is 0.283 e. The number of methoxy groups -OCH3 is 1. The summed E-state index contributed by atoms with van der Waals surface area (Å²) in [4.78, 5) is 12.0. The molecule has 1 aromatic heterocycles. The molecule has 1 aromatic carbocycles. The molecular weight excluding hydrogens is 306 g/mol. The van der Waals surface area contributed by atoms with Crippen LogP contribution in [0.2, 0.25) is 0 Å². The van der Waals surface area contributed by atoms with Crippen LogP contribution in [0.5, 0.6) is 5.75 Å². The number of nitrogens with zero attached hydrogens (tertiary/aromatic N) is 3. The van der Waals surface area contributed by atoms with Crippen molar-refractivity contribution in [2.45, 2.75) is 11.4 Å². The number of ether oxygens (including phenoxy) is 1. The van der Waals surface area contributed by atoms with E-state index in [9.17, 15) is 13.2 Å². The van der Waals surface area contributed by atoms with E-state index in [1.807, 2.05) is 0 Å². The van der Waals surface area contributed by atoms with Gasteiger partial charge in [-0.25, -0.2) is 0 Å². The van der Waals surface area contributed by atoms with Gasteiger partial charge in [0.1, 0.15) is 5.75 Å². The highest BCUT2D eigenvalue weighted by Crippen LogP contribution is 2.34. The summed E-state index contributed by atoms with van der Waals surface area (Å²) in [7, 11) is -0.671. The maximum Gasteiger partial charge on any atom is 0.283 e. The number of aromatic nitrogens is 2. The van der Waals surface area contributed by atoms with Crippen LogP contribution in [0.4, 0.5) is 5.69 Å². The van der Waals surface area contributed by atoms with Crippen LogP contribution < -0.4 is 9.04 Å². The van der Waals surface area contributed by atoms with E-state index in [0.717, 1.165) is 0 Å². The molecule has 116 valence electrons. The van der Waals surface area contributed by atoms with E-state index >= 15 is 0 Å². The van der Waals surface area contributed by atoms with Crippen LogP contribution in [0.1, 0.15) is 16.8 Å². The number of anilines is 1. The van der Waals surface area contributed by atoms with Gasteiger partial charge in [-0.3, -0.25) is 13.8 Å². The lowest BCUT2D eigenvalue weighted by atomic mass is 10.0. The third-order valence-corrected chi connectivity index (χ3v) is 5.27. The Labute approximate surface area is 128 Å². The molecule has 2 heterocycles. The first-order chi connectivity index (χ1) is 10.4. The third kappa shape index (κ3) is 2.25. The minimum absolute atomic E-state index is 0.0434. The van der Waals surface area contributed by atoms with E-state index in [0.29, 0.717) is 17.0 Å². The molecule has 1 aliphatic heterocycles. The predicted molar refractivity (Wildman–Crippen MR) is 79.7 cm³/mol. The molecule has 0 bridgehead atoms. The summed E-state index contributed by atoms with van der Waals surface area (Å²) in [5.74, 6) is 0.416. The molecule has 0 aliphatic carbocycles. The molecule has 0 N–H and O–H groups in total. The Kier molecular flexibility index (Phi) is 3.40. The molecule has 0 saturated carbocycles. The van der Waals surface area contributed by atoms with Gasteiger partial charge in [0.15, 0.2) is 10.8 Å². The number of rotatable bonds is 3. The number of Topliss-reactive ketones (excluding diaryl/α,β-unsaturated/α-hetero) is 1. The fraction of sp³-hybridized carbons (Fsp3) is 0.286. The summed E-state index contributed by atoms with van der Waals surface area (Å²) >= 11 is 0. The second-order valence-electron chi connectivity index (χ2n) is 4.96. The summed E-state index contributed by atoms with van der Waals surface area (Å²) < 4.78 is 33.3. The van der Waals surface area contributed by atoms with Crippen molar-refractivity contribution in [2.24, 2.45) is 7.05 Å². The molecule has 0 radical (unpaired) electrons. The molecule has 2 aromatic rings. The van der Waals surface area contributed by atoms with Crippen molar-refractivity contribution in [3.05, 3.63) is 36.0 Å². The molecular formula is C14H15N3O4S. The first kappa shape index (κ1) is 14.6. The number of ketones is 1. The summed E-state index contributed by atoms with van der Waals surface area (Å²) in [5, 5.41) is 3.92. The van der Waals surface area contributed by atoms with Crippen LogP contribution in [0.3, 0.4) is 0 Å². The SMILES string of the molecule is COc1ccc2c(c1)N(S(=O)(=O)c1ccn(C)n1)CCC2=O. The van der Waals surface area contributed by atoms with Crippen molar-refractivity contribution in [1.82, 2.24) is 9.78 Å². The lowest BCUT2D eigenvalue weighted by molar-refractivity contribution is 0.0982. The highest BCUT2D eigenvalue weighted by Gasteiger charge is 2.34. The van der Waals surface area contributed by atoms with Crippen LogP contribution in [-0.4, -0.2) is 37.6 Å². The van der Waals surface area contributed by atoms with Gasteiger partial charge in [-0.1, -0.05) is 0 Å². The molecule has 0 unspecified atom stereocenters. The first-order valence-corrected chi connectivity index (χ1v) is 8.11. The summed E-state index contributed by atoms with van der Waals surface area (Å²) in [5.41, 5.74) is 0.716. The number of aryl methyl sites for hydroxylation is 1. The van der Waals surface area contributed by atoms with Crippen LogP contribution in [0.15, 0.2) is 35.5 Å². The van der Waals surface area contributed by atoms with Gasteiger partial charge in [-0.05, 0) is 18.2 Å². The standard InChI is InChI=1S/C14H15N3O4S/c1-16-7-6-14(15-16)22(19,20)17-8-5-13(18)11-4-3-10(21-2)9-12(11)17/h3-4,6-7,9H,5,8H2,1-2H3. The monoisotopic (exact) mass is 321 g/mol. The van der Waals surface area contributed by atoms with E-state index in [-0.39, 0.29) is 23.8 Å². The molecule has 1 aliphatic rings. The Morgan fingerprint density at radius 1 is 1.27 bits per heavy atom. The highest BCUT2D eigenvalue weighted by atomic mass is 32.2. The van der Waals surface area contributed by atoms with Crippen molar-refractivity contribution in [1.29, 1.82) is 0 Å². The van der Waals surface area contributed by atoms with Gasteiger partial charge in [0.05, 0.1) is 12.8 Å². The van der Waals surface area contributed by atoms with Gasteiger partial charge in [-0.2, -0.15) is 13.5 Å². The van der Waals surface area contributed by atoms with E-state index in [1.165, 1.54) is 22.2 Å². The molecule has 0 fully saturated rings. The summed E-state index contributed by atoms with van der Waals surface area (Å²) in [6.07, 6.45) is 1.71. The molecule has 7 nitrogen and oxygen atoms in total. The molecule has 0 amide bonds. The van der Waals surface area contributed by atoms with Crippen LogP contribution in [-0.2, 0) is 17.1 Å². The van der Waals surface area contributed by atoms with Crippen molar-refractivity contribution in [3.63, 3.8) is 0 Å². The van der Waals surface area contributed by atoms with E-state index in [2.05, 4.69) is 5.10 Å². The van der Waals surface area contributed by atoms with Gasteiger partial charge < -0.3 is 4.74 Å². The van der Waals surface area contributed by atoms with Crippen LogP contribution in [0, 0.1) is 0 Å². The van der Waals surface area contributed by atoms with Crippen LogP contribution in [0.25, 0.3) is 0 Å². The zero-order valence-corrected chi connectivity index (χ0v) is 13.0. The quantitative estimate of drug-likeness (QED) is 0.849. The molecule has 0 atom stereocenters. The Bertz CT molecular complexity index is 842. The third-order valence-electron chi connectivity index (χ3n) is 3.56. The number of hydrogen-bond acceptors (Lipinski definition) is 5. The average Bonchev–Trinajstić information content (AvgIpc) is 2.94. The minimum atomic E-state index is -3.81. The van der Waals surface area contributed by atoms with Crippen molar-refractivity contribution < 1.29 is 17.9 Å². The number of hydrogen-bond donors (Lipinski definition) is 0. The number of benzene rings is 1. The summed E-state index contributed by atoms with van der Waals surface area (Å²) in [6, 6.07) is 6.24. The van der Waals surface area contributed by atoms with E-state index < -0.39 is 10.0 Å². The van der Waals surface area contributed by atoms with Gasteiger partial charge in [0.2, 0.25) is 0 Å². The Hall–Kier alpha value is -2.35. The average molecular weight is 321 g/mol. The maximum atomic E-state index is 12.8. The molecule has 8 heteroatoms. The molecule has 0 spiro atoms. The predicted octanol–water partition coefficient (Wildman–Crippen LogP) is 1.21. The number of fused-ring (bicyclic) bond motifs is 1. The van der Waals surface area contributed by atoms with Crippen molar-refractivity contribution in [3.8, 4) is 5.75 Å². The van der Waals surface area contributed by atoms with E-state index in [1.54, 1.807) is 31.4 Å². The normalized spacial score (nSPS) is 14.8. The number of carbonyl (C=O) groups excluding carboxylic acids is 1. The van der Waals surface area contributed by atoms with E-state index in [4.69, 9.17) is 4.74 Å². The fourth-order valence-corrected chi connectivity index (χ4v) is 3.86. The lowest BCUT2D eigenvalue weighted by Crippen LogP contribution is -2.37. The van der Waals surface area contributed by atoms with Gasteiger partial charge >= 0.3 is 0 Å². The zero-order chi connectivity index (χ0) is 15.9. The lowest BCUT2D eigenvalue weighted by Gasteiger charge is -2.29. The Morgan fingerprint density at radius 3 is 2.68 bits per heavy atom. The topological polar surface area (TPSA) is 81.5 Å². The first-order valence-electron chi connectivity index (χ1n) is 6.67. The second kappa shape index (κ2) is 5.13. The van der Waals surface area contributed by atoms with Crippen LogP contribution >= 0.6 is 0 Å². The van der Waals surface area contributed by atoms with Crippen molar-refractivity contribution >= 4 is 21.5 Å². The number of sulfonamides is 1. The Balaban J connectivity index is 2.14. The van der Waals surface area contributed by atoms with Gasteiger partial charge in [-0.15, -0.1) is 0 Å². The van der Waals surface area contributed by atoms with Gasteiger partial charge in [0.25, 0.3) is 10.0 Å². The summed E-state index contributed by atoms with van der Waals surface area (Å²) in [6.45, 7) is 0.0951. The van der Waals surface area contributed by atoms with Crippen molar-refractivity contribution in [2.75, 3.05) is 18.0 Å². The highest BCUT2D eigenvalue weighted by molar-refractivity contribution is 7.92. The molecule has 22 heavy (non-hydrogen) atoms. The minimum Gasteiger partial charge on any atom is -0.497 e. The van der Waals surface area contributed by atoms with Gasteiger partial charge in [0, 0.05) is 37.8 Å².